The summed E-state index contributed by atoms with van der Waals surface area (Å²) in [5.41, 5.74) is 7.97. The molecule has 1 unspecified atom stereocenters. The number of carbonyl (C=O) groups is 2. The lowest BCUT2D eigenvalue weighted by Crippen LogP contribution is -2.31. The molecule has 0 spiro atoms. The van der Waals surface area contributed by atoms with Crippen molar-refractivity contribution in [3.8, 4) is 5.75 Å². The summed E-state index contributed by atoms with van der Waals surface area (Å²) < 4.78 is 5.34. The zero-order valence-electron chi connectivity index (χ0n) is 13.3. The molecule has 0 bridgehead atoms. The normalized spacial score (nSPS) is 16.1. The van der Waals surface area contributed by atoms with Crippen LogP contribution in [0.2, 0.25) is 0 Å². The van der Waals surface area contributed by atoms with E-state index in [1.165, 1.54) is 11.1 Å². The Morgan fingerprint density at radius 1 is 1.12 bits per heavy atom. The first-order valence-electron chi connectivity index (χ1n) is 8.04. The minimum atomic E-state index is -0.577. The molecule has 2 aromatic carbocycles. The van der Waals surface area contributed by atoms with Gasteiger partial charge >= 0.3 is 0 Å². The summed E-state index contributed by atoms with van der Waals surface area (Å²) >= 11 is 0. The molecule has 0 heterocycles. The largest absolute Gasteiger partial charge is 0.483 e. The maximum absolute atomic E-state index is 12.7. The van der Waals surface area contributed by atoms with E-state index in [0.29, 0.717) is 11.3 Å². The zero-order valence-corrected chi connectivity index (χ0v) is 13.3. The van der Waals surface area contributed by atoms with E-state index in [4.69, 9.17) is 10.5 Å². The number of para-hydroxylation sites is 1. The Morgan fingerprint density at radius 2 is 1.88 bits per heavy atom. The van der Waals surface area contributed by atoms with Crippen LogP contribution < -0.4 is 15.8 Å². The maximum Gasteiger partial charge on any atom is 0.255 e. The zero-order chi connectivity index (χ0) is 16.9. The Labute approximate surface area is 140 Å². The van der Waals surface area contributed by atoms with E-state index in [1.807, 2.05) is 12.1 Å². The van der Waals surface area contributed by atoms with Crippen LogP contribution in [0.5, 0.6) is 5.75 Å². The summed E-state index contributed by atoms with van der Waals surface area (Å²) in [6.07, 6.45) is 3.00. The SMILES string of the molecule is NC(=O)COc1ccccc1C(=O)NC1CCCc2ccccc21. The van der Waals surface area contributed by atoms with Gasteiger partial charge in [0, 0.05) is 0 Å². The van der Waals surface area contributed by atoms with Crippen LogP contribution in [0.15, 0.2) is 48.5 Å². The molecular weight excluding hydrogens is 304 g/mol. The summed E-state index contributed by atoms with van der Waals surface area (Å²) in [6, 6.07) is 15.0. The number of ether oxygens (including phenoxy) is 1. The van der Waals surface area contributed by atoms with Crippen molar-refractivity contribution in [1.29, 1.82) is 0 Å². The van der Waals surface area contributed by atoms with E-state index in [9.17, 15) is 9.59 Å². The smallest absolute Gasteiger partial charge is 0.255 e. The van der Waals surface area contributed by atoms with Crippen LogP contribution in [-0.2, 0) is 11.2 Å². The number of nitrogens with one attached hydrogen (secondary N) is 1. The molecule has 2 aromatic rings. The van der Waals surface area contributed by atoms with E-state index in [2.05, 4.69) is 17.4 Å². The topological polar surface area (TPSA) is 81.4 Å². The average molecular weight is 324 g/mol. The standard InChI is InChI=1S/C19H20N2O3/c20-18(22)12-24-17-11-4-3-9-15(17)19(23)21-16-10-5-7-13-6-1-2-8-14(13)16/h1-4,6,8-9,11,16H,5,7,10,12H2,(H2,20,22)(H,21,23). The van der Waals surface area contributed by atoms with Crippen molar-refractivity contribution in [2.75, 3.05) is 6.61 Å². The van der Waals surface area contributed by atoms with Gasteiger partial charge in [-0.3, -0.25) is 9.59 Å². The molecule has 1 atom stereocenters. The second kappa shape index (κ2) is 7.17. The predicted molar refractivity (Wildman–Crippen MR) is 90.7 cm³/mol. The van der Waals surface area contributed by atoms with Gasteiger partial charge in [0.15, 0.2) is 6.61 Å². The minimum absolute atomic E-state index is 0.00773. The van der Waals surface area contributed by atoms with Gasteiger partial charge in [-0.25, -0.2) is 0 Å². The second-order valence-corrected chi connectivity index (χ2v) is 5.87. The van der Waals surface area contributed by atoms with Crippen molar-refractivity contribution in [1.82, 2.24) is 5.32 Å². The molecule has 5 heteroatoms. The summed E-state index contributed by atoms with van der Waals surface area (Å²) in [5.74, 6) is -0.430. The predicted octanol–water partition coefficient (Wildman–Crippen LogP) is 2.36. The highest BCUT2D eigenvalue weighted by atomic mass is 16.5. The molecule has 3 rings (SSSR count). The first-order chi connectivity index (χ1) is 11.6. The van der Waals surface area contributed by atoms with Crippen LogP contribution in [0.3, 0.4) is 0 Å². The van der Waals surface area contributed by atoms with E-state index in [0.717, 1.165) is 19.3 Å². The number of fused-ring (bicyclic) bond motifs is 1. The van der Waals surface area contributed by atoms with Crippen molar-refractivity contribution in [3.63, 3.8) is 0 Å². The molecule has 0 aromatic heterocycles. The fourth-order valence-corrected chi connectivity index (χ4v) is 3.07. The van der Waals surface area contributed by atoms with E-state index < -0.39 is 5.91 Å². The van der Waals surface area contributed by atoms with Crippen LogP contribution in [0.25, 0.3) is 0 Å². The van der Waals surface area contributed by atoms with Crippen molar-refractivity contribution >= 4 is 11.8 Å². The summed E-state index contributed by atoms with van der Waals surface area (Å²) in [6.45, 7) is -0.253. The number of nitrogens with two attached hydrogens (primary N) is 1. The monoisotopic (exact) mass is 324 g/mol. The summed E-state index contributed by atoms with van der Waals surface area (Å²) in [5, 5.41) is 3.08. The van der Waals surface area contributed by atoms with Crippen LogP contribution in [-0.4, -0.2) is 18.4 Å². The number of hydrogen-bond acceptors (Lipinski definition) is 3. The van der Waals surface area contributed by atoms with Gasteiger partial charge in [-0.1, -0.05) is 36.4 Å². The minimum Gasteiger partial charge on any atom is -0.483 e. The van der Waals surface area contributed by atoms with Gasteiger partial charge in [0.1, 0.15) is 5.75 Å². The molecule has 0 saturated carbocycles. The second-order valence-electron chi connectivity index (χ2n) is 5.87. The maximum atomic E-state index is 12.7. The molecule has 0 aliphatic heterocycles. The lowest BCUT2D eigenvalue weighted by atomic mass is 9.87. The Kier molecular flexibility index (Phi) is 4.79. The Bertz CT molecular complexity index is 758. The van der Waals surface area contributed by atoms with Gasteiger partial charge in [0.25, 0.3) is 11.8 Å². The molecule has 5 nitrogen and oxygen atoms in total. The van der Waals surface area contributed by atoms with Gasteiger partial charge in [-0.05, 0) is 42.5 Å². The van der Waals surface area contributed by atoms with Gasteiger partial charge in [0.2, 0.25) is 0 Å². The molecule has 0 radical (unpaired) electrons. The Morgan fingerprint density at radius 3 is 2.71 bits per heavy atom. The third-order valence-electron chi connectivity index (χ3n) is 4.18. The van der Waals surface area contributed by atoms with Crippen LogP contribution >= 0.6 is 0 Å². The Balaban J connectivity index is 1.78. The van der Waals surface area contributed by atoms with Crippen LogP contribution in [0.4, 0.5) is 0 Å². The molecule has 24 heavy (non-hydrogen) atoms. The molecule has 3 N–H and O–H groups in total. The van der Waals surface area contributed by atoms with Gasteiger partial charge in [-0.15, -0.1) is 0 Å². The third-order valence-corrected chi connectivity index (χ3v) is 4.18. The van der Waals surface area contributed by atoms with Crippen molar-refractivity contribution in [2.45, 2.75) is 25.3 Å². The molecular formula is C19H20N2O3. The highest BCUT2D eigenvalue weighted by Crippen LogP contribution is 2.30. The molecule has 124 valence electrons. The molecule has 0 saturated heterocycles. The molecule has 0 fully saturated rings. The first kappa shape index (κ1) is 16.1. The van der Waals surface area contributed by atoms with Gasteiger partial charge in [0.05, 0.1) is 11.6 Å². The van der Waals surface area contributed by atoms with E-state index in [1.54, 1.807) is 24.3 Å². The van der Waals surface area contributed by atoms with Crippen molar-refractivity contribution < 1.29 is 14.3 Å². The van der Waals surface area contributed by atoms with Crippen LogP contribution in [0, 0.1) is 0 Å². The third kappa shape index (κ3) is 3.56. The molecule has 1 aliphatic rings. The average Bonchev–Trinajstić information content (AvgIpc) is 2.60. The van der Waals surface area contributed by atoms with E-state index in [-0.39, 0.29) is 18.6 Å². The van der Waals surface area contributed by atoms with Gasteiger partial charge < -0.3 is 15.8 Å². The number of benzene rings is 2. The highest BCUT2D eigenvalue weighted by molar-refractivity contribution is 5.97. The number of primary amides is 1. The lowest BCUT2D eigenvalue weighted by Gasteiger charge is -2.26. The quantitative estimate of drug-likeness (QED) is 0.886. The fraction of sp³-hybridized carbons (Fsp3) is 0.263. The Hall–Kier alpha value is -2.82. The highest BCUT2D eigenvalue weighted by Gasteiger charge is 2.23. The summed E-state index contributed by atoms with van der Waals surface area (Å²) in [4.78, 5) is 23.6. The fourth-order valence-electron chi connectivity index (χ4n) is 3.07. The van der Waals surface area contributed by atoms with Gasteiger partial charge in [-0.2, -0.15) is 0 Å². The van der Waals surface area contributed by atoms with Crippen LogP contribution in [0.1, 0.15) is 40.4 Å². The summed E-state index contributed by atoms with van der Waals surface area (Å²) in [7, 11) is 0. The number of carbonyl (C=O) groups excluding carboxylic acids is 2. The number of aryl methyl sites for hydroxylation is 1. The lowest BCUT2D eigenvalue weighted by molar-refractivity contribution is -0.119. The number of rotatable bonds is 5. The van der Waals surface area contributed by atoms with Crippen molar-refractivity contribution in [2.24, 2.45) is 5.73 Å². The number of amides is 2. The number of hydrogen-bond donors (Lipinski definition) is 2. The molecule has 2 amide bonds. The van der Waals surface area contributed by atoms with Crippen molar-refractivity contribution in [3.05, 3.63) is 65.2 Å². The first-order valence-corrected chi connectivity index (χ1v) is 8.04. The van der Waals surface area contributed by atoms with E-state index >= 15 is 0 Å². The molecule has 1 aliphatic carbocycles.